The van der Waals surface area contributed by atoms with Crippen molar-refractivity contribution in [1.82, 2.24) is 4.90 Å². The van der Waals surface area contributed by atoms with Gasteiger partial charge in [0.2, 0.25) is 5.91 Å². The third kappa shape index (κ3) is 5.68. The SMILES string of the molecule is CC(=O)N(CC[C@@H](c1ccccc1)[C@H]1CCOC(C)(C)C1)Cc1ccccc1. The van der Waals surface area contributed by atoms with Crippen LogP contribution in [0.15, 0.2) is 60.7 Å². The maximum atomic E-state index is 12.3. The molecule has 0 unspecified atom stereocenters. The number of amides is 1. The van der Waals surface area contributed by atoms with Crippen LogP contribution in [0.2, 0.25) is 0 Å². The van der Waals surface area contributed by atoms with E-state index < -0.39 is 0 Å². The molecule has 2 aromatic carbocycles. The van der Waals surface area contributed by atoms with Crippen molar-refractivity contribution in [2.75, 3.05) is 13.2 Å². The standard InChI is InChI=1S/C25H33NO2/c1-20(27)26(19-21-10-6-4-7-11-21)16-14-24(22-12-8-5-9-13-22)23-15-17-28-25(2,3)18-23/h4-13,23-24H,14-19H2,1-3H3/t23-,24-/m0/s1. The predicted octanol–water partition coefficient (Wildman–Crippen LogP) is 5.41. The van der Waals surface area contributed by atoms with Gasteiger partial charge in [-0.15, -0.1) is 0 Å². The van der Waals surface area contributed by atoms with Crippen molar-refractivity contribution in [3.8, 4) is 0 Å². The summed E-state index contributed by atoms with van der Waals surface area (Å²) in [6.07, 6.45) is 3.13. The number of carbonyl (C=O) groups excluding carboxylic acids is 1. The van der Waals surface area contributed by atoms with E-state index in [0.29, 0.717) is 18.4 Å². The van der Waals surface area contributed by atoms with Gasteiger partial charge in [0.25, 0.3) is 0 Å². The summed E-state index contributed by atoms with van der Waals surface area (Å²) < 4.78 is 5.96. The lowest BCUT2D eigenvalue weighted by Crippen LogP contribution is -2.37. The summed E-state index contributed by atoms with van der Waals surface area (Å²) in [4.78, 5) is 14.3. The summed E-state index contributed by atoms with van der Waals surface area (Å²) in [5.41, 5.74) is 2.50. The lowest BCUT2D eigenvalue weighted by Gasteiger charge is -2.40. The maximum Gasteiger partial charge on any atom is 0.219 e. The fourth-order valence-corrected chi connectivity index (χ4v) is 4.44. The molecule has 1 aliphatic heterocycles. The van der Waals surface area contributed by atoms with Crippen molar-refractivity contribution in [3.05, 3.63) is 71.8 Å². The Morgan fingerprint density at radius 1 is 1.11 bits per heavy atom. The predicted molar refractivity (Wildman–Crippen MR) is 114 cm³/mol. The van der Waals surface area contributed by atoms with E-state index in [9.17, 15) is 4.79 Å². The first-order chi connectivity index (χ1) is 13.4. The summed E-state index contributed by atoms with van der Waals surface area (Å²) in [6, 6.07) is 21.1. The van der Waals surface area contributed by atoms with Crippen LogP contribution in [0.3, 0.4) is 0 Å². The van der Waals surface area contributed by atoms with Crippen LogP contribution in [0, 0.1) is 5.92 Å². The minimum absolute atomic E-state index is 0.0692. The normalized spacial score (nSPS) is 19.8. The van der Waals surface area contributed by atoms with Crippen molar-refractivity contribution < 1.29 is 9.53 Å². The molecule has 0 aliphatic carbocycles. The van der Waals surface area contributed by atoms with Crippen molar-refractivity contribution >= 4 is 5.91 Å². The molecule has 1 saturated heterocycles. The first-order valence-corrected chi connectivity index (χ1v) is 10.4. The quantitative estimate of drug-likeness (QED) is 0.643. The smallest absolute Gasteiger partial charge is 0.219 e. The third-order valence-corrected chi connectivity index (χ3v) is 5.90. The highest BCUT2D eigenvalue weighted by Gasteiger charge is 2.34. The second-order valence-corrected chi connectivity index (χ2v) is 8.59. The number of hydrogen-bond donors (Lipinski definition) is 0. The van der Waals surface area contributed by atoms with Crippen molar-refractivity contribution in [1.29, 1.82) is 0 Å². The van der Waals surface area contributed by atoms with Gasteiger partial charge in [0.05, 0.1) is 5.60 Å². The number of rotatable bonds is 7. The highest BCUT2D eigenvalue weighted by molar-refractivity contribution is 5.73. The summed E-state index contributed by atoms with van der Waals surface area (Å²) in [6.45, 7) is 8.34. The molecular weight excluding hydrogens is 346 g/mol. The monoisotopic (exact) mass is 379 g/mol. The van der Waals surface area contributed by atoms with Crippen LogP contribution in [-0.2, 0) is 16.1 Å². The van der Waals surface area contributed by atoms with Gasteiger partial charge in [-0.05, 0) is 56.1 Å². The van der Waals surface area contributed by atoms with Crippen molar-refractivity contribution in [2.45, 2.75) is 58.1 Å². The average molecular weight is 380 g/mol. The minimum atomic E-state index is -0.0692. The largest absolute Gasteiger partial charge is 0.376 e. The highest BCUT2D eigenvalue weighted by Crippen LogP contribution is 2.40. The molecule has 3 nitrogen and oxygen atoms in total. The molecule has 1 aliphatic rings. The van der Waals surface area contributed by atoms with E-state index >= 15 is 0 Å². The van der Waals surface area contributed by atoms with Crippen LogP contribution >= 0.6 is 0 Å². The number of benzene rings is 2. The summed E-state index contributed by atoms with van der Waals surface area (Å²) in [5.74, 6) is 1.17. The summed E-state index contributed by atoms with van der Waals surface area (Å²) in [7, 11) is 0. The molecule has 3 rings (SSSR count). The van der Waals surface area contributed by atoms with Crippen LogP contribution in [0.25, 0.3) is 0 Å². The van der Waals surface area contributed by atoms with Gasteiger partial charge in [0.1, 0.15) is 0 Å². The van der Waals surface area contributed by atoms with Gasteiger partial charge < -0.3 is 9.64 Å². The lowest BCUT2D eigenvalue weighted by molar-refractivity contribution is -0.129. The Hall–Kier alpha value is -2.13. The van der Waals surface area contributed by atoms with Crippen LogP contribution in [0.5, 0.6) is 0 Å². The Balaban J connectivity index is 1.74. The zero-order valence-electron chi connectivity index (χ0n) is 17.4. The van der Waals surface area contributed by atoms with Gasteiger partial charge in [-0.2, -0.15) is 0 Å². The van der Waals surface area contributed by atoms with Gasteiger partial charge in [-0.3, -0.25) is 4.79 Å². The number of hydrogen-bond acceptors (Lipinski definition) is 2. The second-order valence-electron chi connectivity index (χ2n) is 8.59. The van der Waals surface area contributed by atoms with Crippen LogP contribution < -0.4 is 0 Å². The molecule has 0 aromatic heterocycles. The lowest BCUT2D eigenvalue weighted by atomic mass is 9.75. The second kappa shape index (κ2) is 9.38. The Kier molecular flexibility index (Phi) is 6.90. The molecule has 2 atom stereocenters. The van der Waals surface area contributed by atoms with E-state index in [1.54, 1.807) is 6.92 Å². The Morgan fingerprint density at radius 2 is 1.75 bits per heavy atom. The van der Waals surface area contributed by atoms with Crippen molar-refractivity contribution in [2.24, 2.45) is 5.92 Å². The highest BCUT2D eigenvalue weighted by atomic mass is 16.5. The fourth-order valence-electron chi connectivity index (χ4n) is 4.44. The zero-order chi connectivity index (χ0) is 20.0. The fraction of sp³-hybridized carbons (Fsp3) is 0.480. The van der Waals surface area contributed by atoms with Crippen LogP contribution in [-0.4, -0.2) is 29.6 Å². The maximum absolute atomic E-state index is 12.3. The molecule has 3 heteroatoms. The first kappa shape index (κ1) is 20.6. The molecule has 150 valence electrons. The number of carbonyl (C=O) groups is 1. The third-order valence-electron chi connectivity index (χ3n) is 5.90. The average Bonchev–Trinajstić information content (AvgIpc) is 2.68. The van der Waals surface area contributed by atoms with E-state index in [0.717, 1.165) is 32.4 Å². The molecular formula is C25H33NO2. The molecule has 1 amide bonds. The Labute approximate surface area is 169 Å². The molecule has 0 radical (unpaired) electrons. The zero-order valence-corrected chi connectivity index (χ0v) is 17.4. The van der Waals surface area contributed by atoms with E-state index in [2.05, 4.69) is 56.3 Å². The number of nitrogens with zero attached hydrogens (tertiary/aromatic N) is 1. The molecule has 0 bridgehead atoms. The van der Waals surface area contributed by atoms with Gasteiger partial charge in [0, 0.05) is 26.6 Å². The Morgan fingerprint density at radius 3 is 2.36 bits per heavy atom. The molecule has 1 heterocycles. The van der Waals surface area contributed by atoms with E-state index in [1.807, 2.05) is 23.1 Å². The Bertz CT molecular complexity index is 742. The van der Waals surface area contributed by atoms with E-state index in [1.165, 1.54) is 11.1 Å². The van der Waals surface area contributed by atoms with Gasteiger partial charge in [-0.1, -0.05) is 60.7 Å². The van der Waals surface area contributed by atoms with E-state index in [4.69, 9.17) is 4.74 Å². The van der Waals surface area contributed by atoms with Gasteiger partial charge in [-0.25, -0.2) is 0 Å². The molecule has 0 saturated carbocycles. The van der Waals surface area contributed by atoms with Crippen LogP contribution in [0.1, 0.15) is 57.1 Å². The molecule has 0 spiro atoms. The minimum Gasteiger partial charge on any atom is -0.376 e. The van der Waals surface area contributed by atoms with E-state index in [-0.39, 0.29) is 11.5 Å². The van der Waals surface area contributed by atoms with Gasteiger partial charge in [0.15, 0.2) is 0 Å². The summed E-state index contributed by atoms with van der Waals surface area (Å²) >= 11 is 0. The molecule has 28 heavy (non-hydrogen) atoms. The molecule has 2 aromatic rings. The summed E-state index contributed by atoms with van der Waals surface area (Å²) in [5, 5.41) is 0. The van der Waals surface area contributed by atoms with Crippen molar-refractivity contribution in [3.63, 3.8) is 0 Å². The number of ether oxygens (including phenoxy) is 1. The first-order valence-electron chi connectivity index (χ1n) is 10.4. The van der Waals surface area contributed by atoms with Gasteiger partial charge >= 0.3 is 0 Å². The van der Waals surface area contributed by atoms with Crippen LogP contribution in [0.4, 0.5) is 0 Å². The topological polar surface area (TPSA) is 29.5 Å². The molecule has 0 N–H and O–H groups in total. The molecule has 1 fully saturated rings.